The van der Waals surface area contributed by atoms with Crippen LogP contribution >= 0.6 is 37.2 Å². The minimum absolute atomic E-state index is 0. The number of amidine groups is 1. The van der Waals surface area contributed by atoms with E-state index in [4.69, 9.17) is 10.9 Å². The number of anilines is 1. The highest BCUT2D eigenvalue weighted by molar-refractivity contribution is 5.97. The molecule has 0 amide bonds. The van der Waals surface area contributed by atoms with E-state index in [9.17, 15) is 0 Å². The zero-order valence-corrected chi connectivity index (χ0v) is 16.8. The van der Waals surface area contributed by atoms with E-state index in [1.54, 1.807) is 0 Å². The topological polar surface area (TPSA) is 65.1 Å². The van der Waals surface area contributed by atoms with Gasteiger partial charge in [0.1, 0.15) is 0 Å². The van der Waals surface area contributed by atoms with Crippen LogP contribution in [0.4, 0.5) is 5.69 Å². The number of rotatable bonds is 3. The average molecular weight is 412 g/mol. The summed E-state index contributed by atoms with van der Waals surface area (Å²) in [4.78, 5) is 5.11. The molecule has 0 spiro atoms. The first kappa shape index (κ1) is 24.1. The zero-order valence-electron chi connectivity index (χ0n) is 14.3. The van der Waals surface area contributed by atoms with Crippen LogP contribution in [0.2, 0.25) is 0 Å². The van der Waals surface area contributed by atoms with Crippen LogP contribution in [0, 0.1) is 0 Å². The molecule has 3 N–H and O–H groups in total. The molecule has 0 atom stereocenters. The van der Waals surface area contributed by atoms with Crippen LogP contribution in [-0.2, 0) is 0 Å². The molecular formula is C17H29Cl3N4O. The van der Waals surface area contributed by atoms with Crippen LogP contribution in [0.25, 0.3) is 0 Å². The standard InChI is InChI=1S/C17H26N4O.3ClH/c18-17(19-22)14-6-8-16(9-7-14)21-12-10-20(11-13-21)15-4-2-1-3-5-15;;;/h6-9,15,22H,1-5,10-13H2,(H2,18,19);3*1H. The van der Waals surface area contributed by atoms with Crippen molar-refractivity contribution in [3.63, 3.8) is 0 Å². The summed E-state index contributed by atoms with van der Waals surface area (Å²) in [5.74, 6) is 0.161. The van der Waals surface area contributed by atoms with Gasteiger partial charge in [0, 0.05) is 43.5 Å². The fourth-order valence-electron chi connectivity index (χ4n) is 3.69. The number of nitrogens with two attached hydrogens (primary N) is 1. The van der Waals surface area contributed by atoms with Crippen molar-refractivity contribution < 1.29 is 5.21 Å². The molecule has 25 heavy (non-hydrogen) atoms. The summed E-state index contributed by atoms with van der Waals surface area (Å²) >= 11 is 0. The minimum atomic E-state index is 0. The molecule has 2 fully saturated rings. The van der Waals surface area contributed by atoms with Crippen LogP contribution < -0.4 is 10.6 Å². The average Bonchev–Trinajstić information content (AvgIpc) is 2.62. The largest absolute Gasteiger partial charge is 0.409 e. The number of hydrogen-bond acceptors (Lipinski definition) is 4. The van der Waals surface area contributed by atoms with Gasteiger partial charge in [0.05, 0.1) is 0 Å². The zero-order chi connectivity index (χ0) is 15.4. The Balaban J connectivity index is 0.00000192. The summed E-state index contributed by atoms with van der Waals surface area (Å²) in [6, 6.07) is 8.77. The highest BCUT2D eigenvalue weighted by Crippen LogP contribution is 2.25. The van der Waals surface area contributed by atoms with E-state index in [2.05, 4.69) is 27.1 Å². The maximum Gasteiger partial charge on any atom is 0.170 e. The molecule has 1 saturated carbocycles. The fourth-order valence-corrected chi connectivity index (χ4v) is 3.69. The Morgan fingerprint density at radius 3 is 2.00 bits per heavy atom. The van der Waals surface area contributed by atoms with E-state index in [1.165, 1.54) is 37.8 Å². The summed E-state index contributed by atoms with van der Waals surface area (Å²) in [7, 11) is 0. The van der Waals surface area contributed by atoms with Crippen molar-refractivity contribution >= 4 is 48.7 Å². The lowest BCUT2D eigenvalue weighted by molar-refractivity contribution is 0.148. The number of oxime groups is 1. The second-order valence-electron chi connectivity index (χ2n) is 6.35. The first-order valence-corrected chi connectivity index (χ1v) is 8.35. The molecular weight excluding hydrogens is 383 g/mol. The Morgan fingerprint density at radius 1 is 0.920 bits per heavy atom. The molecule has 0 aromatic heterocycles. The first-order valence-electron chi connectivity index (χ1n) is 8.35. The molecule has 8 heteroatoms. The predicted molar refractivity (Wildman–Crippen MR) is 111 cm³/mol. The van der Waals surface area contributed by atoms with Crippen molar-refractivity contribution in [3.8, 4) is 0 Å². The van der Waals surface area contributed by atoms with E-state index in [0.29, 0.717) is 0 Å². The van der Waals surface area contributed by atoms with E-state index >= 15 is 0 Å². The van der Waals surface area contributed by atoms with E-state index in [0.717, 1.165) is 37.8 Å². The van der Waals surface area contributed by atoms with Gasteiger partial charge in [-0.3, -0.25) is 4.90 Å². The van der Waals surface area contributed by atoms with E-state index in [-0.39, 0.29) is 43.1 Å². The Kier molecular flexibility index (Phi) is 11.3. The molecule has 1 aliphatic carbocycles. The number of nitrogens with zero attached hydrogens (tertiary/aromatic N) is 3. The highest BCUT2D eigenvalue weighted by Gasteiger charge is 2.25. The molecule has 1 aliphatic heterocycles. The number of piperazine rings is 1. The molecule has 1 aromatic rings. The van der Waals surface area contributed by atoms with Gasteiger partial charge in [0.15, 0.2) is 5.84 Å². The molecule has 2 aliphatic rings. The molecule has 144 valence electrons. The molecule has 0 unspecified atom stereocenters. The smallest absolute Gasteiger partial charge is 0.170 e. The second kappa shape index (κ2) is 11.7. The van der Waals surface area contributed by atoms with E-state index in [1.807, 2.05) is 12.1 Å². The Bertz CT molecular complexity index is 513. The van der Waals surface area contributed by atoms with Crippen LogP contribution in [0.1, 0.15) is 37.7 Å². The van der Waals surface area contributed by atoms with Gasteiger partial charge in [0.25, 0.3) is 0 Å². The second-order valence-corrected chi connectivity index (χ2v) is 6.35. The van der Waals surface area contributed by atoms with Gasteiger partial charge in [-0.15, -0.1) is 37.2 Å². The number of benzene rings is 1. The van der Waals surface area contributed by atoms with Crippen molar-refractivity contribution in [2.24, 2.45) is 10.9 Å². The maximum absolute atomic E-state index is 8.71. The number of halogens is 3. The Hall–Kier alpha value is -0.880. The van der Waals surface area contributed by atoms with Crippen LogP contribution in [0.5, 0.6) is 0 Å². The third-order valence-electron chi connectivity index (χ3n) is 5.04. The van der Waals surface area contributed by atoms with E-state index < -0.39 is 0 Å². The van der Waals surface area contributed by atoms with Crippen molar-refractivity contribution in [1.82, 2.24) is 4.90 Å². The molecule has 1 saturated heterocycles. The number of hydrogen-bond donors (Lipinski definition) is 2. The van der Waals surface area contributed by atoms with Crippen molar-refractivity contribution in [2.75, 3.05) is 31.1 Å². The highest BCUT2D eigenvalue weighted by atomic mass is 35.5. The normalized spacial score (nSPS) is 19.4. The summed E-state index contributed by atoms with van der Waals surface area (Å²) in [6.45, 7) is 4.48. The van der Waals surface area contributed by atoms with Gasteiger partial charge in [-0.2, -0.15) is 0 Å². The lowest BCUT2D eigenvalue weighted by Crippen LogP contribution is -2.50. The van der Waals surface area contributed by atoms with Gasteiger partial charge in [-0.05, 0) is 37.1 Å². The molecule has 0 radical (unpaired) electrons. The monoisotopic (exact) mass is 410 g/mol. The third-order valence-corrected chi connectivity index (χ3v) is 5.04. The molecule has 1 heterocycles. The van der Waals surface area contributed by atoms with Gasteiger partial charge < -0.3 is 15.8 Å². The Labute approximate surface area is 168 Å². The molecule has 3 rings (SSSR count). The minimum Gasteiger partial charge on any atom is -0.409 e. The van der Waals surface area contributed by atoms with Crippen molar-refractivity contribution in [1.29, 1.82) is 0 Å². The van der Waals surface area contributed by atoms with Crippen molar-refractivity contribution in [2.45, 2.75) is 38.1 Å². The molecule has 1 aromatic carbocycles. The maximum atomic E-state index is 8.71. The first-order chi connectivity index (χ1) is 10.8. The lowest BCUT2D eigenvalue weighted by Gasteiger charge is -2.41. The predicted octanol–water partition coefficient (Wildman–Crippen LogP) is 3.50. The third kappa shape index (κ3) is 6.10. The molecule has 0 bridgehead atoms. The van der Waals surface area contributed by atoms with Crippen molar-refractivity contribution in [3.05, 3.63) is 29.8 Å². The van der Waals surface area contributed by atoms with Crippen LogP contribution in [-0.4, -0.2) is 48.2 Å². The lowest BCUT2D eigenvalue weighted by atomic mass is 9.94. The SMILES string of the molecule is Cl.Cl.Cl.NC(=NO)c1ccc(N2CCN(C3CCCCC3)CC2)cc1. The quantitative estimate of drug-likeness (QED) is 0.346. The summed E-state index contributed by atoms with van der Waals surface area (Å²) < 4.78 is 0. The van der Waals surface area contributed by atoms with Crippen LogP contribution in [0.15, 0.2) is 29.4 Å². The van der Waals surface area contributed by atoms with Gasteiger partial charge in [0.2, 0.25) is 0 Å². The van der Waals surface area contributed by atoms with Gasteiger partial charge >= 0.3 is 0 Å². The summed E-state index contributed by atoms with van der Waals surface area (Å²) in [6.07, 6.45) is 6.99. The van der Waals surface area contributed by atoms with Gasteiger partial charge in [-0.25, -0.2) is 0 Å². The fraction of sp³-hybridized carbons (Fsp3) is 0.588. The Morgan fingerprint density at radius 2 is 1.48 bits per heavy atom. The summed E-state index contributed by atoms with van der Waals surface area (Å²) in [5, 5.41) is 11.7. The van der Waals surface area contributed by atoms with Gasteiger partial charge in [-0.1, -0.05) is 24.4 Å². The summed E-state index contributed by atoms with van der Waals surface area (Å²) in [5.41, 5.74) is 7.58. The van der Waals surface area contributed by atoms with Crippen LogP contribution in [0.3, 0.4) is 0 Å². The molecule has 5 nitrogen and oxygen atoms in total.